The first-order valence-corrected chi connectivity index (χ1v) is 3.98. The van der Waals surface area contributed by atoms with Gasteiger partial charge in [0.2, 0.25) is 0 Å². The first-order chi connectivity index (χ1) is 5.17. The van der Waals surface area contributed by atoms with Crippen LogP contribution in [0.3, 0.4) is 0 Å². The topological polar surface area (TPSA) is 17.1 Å². The number of halogens is 2. The second-order valence-corrected chi connectivity index (χ2v) is 3.11. The van der Waals surface area contributed by atoms with Crippen LogP contribution in [0, 0.1) is 5.92 Å². The average Bonchev–Trinajstić information content (AvgIpc) is 2.37. The van der Waals surface area contributed by atoms with Crippen LogP contribution in [0.15, 0.2) is 0 Å². The summed E-state index contributed by atoms with van der Waals surface area (Å²) in [6.45, 7) is 0. The average molecular weight is 162 g/mol. The highest BCUT2D eigenvalue weighted by Crippen LogP contribution is 2.39. The van der Waals surface area contributed by atoms with Crippen molar-refractivity contribution in [1.82, 2.24) is 0 Å². The SMILES string of the molecule is O=CCC(F)(F)C1CCCC1. The van der Waals surface area contributed by atoms with Gasteiger partial charge in [0.1, 0.15) is 6.29 Å². The van der Waals surface area contributed by atoms with Crippen molar-refractivity contribution >= 4 is 6.29 Å². The molecule has 0 unspecified atom stereocenters. The van der Waals surface area contributed by atoms with Crippen LogP contribution < -0.4 is 0 Å². The molecular weight excluding hydrogens is 150 g/mol. The molecule has 1 aliphatic rings. The van der Waals surface area contributed by atoms with E-state index in [1.54, 1.807) is 0 Å². The van der Waals surface area contributed by atoms with E-state index < -0.39 is 18.3 Å². The number of hydrogen-bond acceptors (Lipinski definition) is 1. The van der Waals surface area contributed by atoms with E-state index in [4.69, 9.17) is 0 Å². The Morgan fingerprint density at radius 3 is 2.36 bits per heavy atom. The monoisotopic (exact) mass is 162 g/mol. The number of rotatable bonds is 3. The molecule has 0 bridgehead atoms. The molecule has 0 aliphatic heterocycles. The van der Waals surface area contributed by atoms with Crippen LogP contribution in [-0.4, -0.2) is 12.2 Å². The van der Waals surface area contributed by atoms with Crippen LogP contribution in [0.1, 0.15) is 32.1 Å². The fourth-order valence-corrected chi connectivity index (χ4v) is 1.63. The highest BCUT2D eigenvalue weighted by atomic mass is 19.3. The molecule has 1 fully saturated rings. The summed E-state index contributed by atoms with van der Waals surface area (Å²) < 4.78 is 25.8. The fourth-order valence-electron chi connectivity index (χ4n) is 1.63. The van der Waals surface area contributed by atoms with Crippen molar-refractivity contribution in [2.45, 2.75) is 38.0 Å². The molecule has 0 spiro atoms. The summed E-state index contributed by atoms with van der Waals surface area (Å²) in [5.74, 6) is -3.27. The maximum atomic E-state index is 12.9. The minimum absolute atomic E-state index is 0.318. The molecule has 0 heterocycles. The van der Waals surface area contributed by atoms with E-state index in [0.717, 1.165) is 12.8 Å². The van der Waals surface area contributed by atoms with Crippen LogP contribution in [0.4, 0.5) is 8.78 Å². The standard InChI is InChI=1S/C8H12F2O/c9-8(10,5-6-11)7-3-1-2-4-7/h6-7H,1-5H2. The zero-order valence-corrected chi connectivity index (χ0v) is 6.35. The summed E-state index contributed by atoms with van der Waals surface area (Å²) in [6, 6.07) is 0. The summed E-state index contributed by atoms with van der Waals surface area (Å²) in [5.41, 5.74) is 0. The molecule has 11 heavy (non-hydrogen) atoms. The molecule has 1 saturated carbocycles. The van der Waals surface area contributed by atoms with E-state index in [1.165, 1.54) is 0 Å². The van der Waals surface area contributed by atoms with Gasteiger partial charge >= 0.3 is 0 Å². The van der Waals surface area contributed by atoms with Crippen LogP contribution in [-0.2, 0) is 4.79 Å². The minimum Gasteiger partial charge on any atom is -0.303 e. The number of carbonyl (C=O) groups excluding carboxylic acids is 1. The normalized spacial score (nSPS) is 20.5. The van der Waals surface area contributed by atoms with Crippen LogP contribution >= 0.6 is 0 Å². The first-order valence-electron chi connectivity index (χ1n) is 3.98. The summed E-state index contributed by atoms with van der Waals surface area (Å²) in [4.78, 5) is 9.90. The van der Waals surface area contributed by atoms with Gasteiger partial charge in [-0.15, -0.1) is 0 Å². The van der Waals surface area contributed by atoms with Crippen molar-refractivity contribution in [2.75, 3.05) is 0 Å². The Labute approximate surface area is 64.8 Å². The lowest BCUT2D eigenvalue weighted by Crippen LogP contribution is -2.26. The van der Waals surface area contributed by atoms with Gasteiger partial charge in [-0.3, -0.25) is 0 Å². The van der Waals surface area contributed by atoms with Crippen molar-refractivity contribution in [3.8, 4) is 0 Å². The fraction of sp³-hybridized carbons (Fsp3) is 0.875. The second kappa shape index (κ2) is 3.28. The number of alkyl halides is 2. The van der Waals surface area contributed by atoms with E-state index in [-0.39, 0.29) is 0 Å². The van der Waals surface area contributed by atoms with E-state index in [1.807, 2.05) is 0 Å². The smallest absolute Gasteiger partial charge is 0.257 e. The maximum Gasteiger partial charge on any atom is 0.257 e. The van der Waals surface area contributed by atoms with E-state index >= 15 is 0 Å². The molecule has 64 valence electrons. The molecule has 0 amide bonds. The van der Waals surface area contributed by atoms with E-state index in [2.05, 4.69) is 0 Å². The Balaban J connectivity index is 2.47. The summed E-state index contributed by atoms with van der Waals surface area (Å²) in [6.07, 6.45) is 2.66. The molecule has 0 saturated heterocycles. The van der Waals surface area contributed by atoms with Gasteiger partial charge in [-0.25, -0.2) is 8.78 Å². The third-order valence-corrected chi connectivity index (χ3v) is 2.31. The molecule has 0 N–H and O–H groups in total. The number of aldehydes is 1. The predicted molar refractivity (Wildman–Crippen MR) is 37.6 cm³/mol. The Hall–Kier alpha value is -0.470. The van der Waals surface area contributed by atoms with Gasteiger partial charge in [0.05, 0.1) is 6.42 Å². The second-order valence-electron chi connectivity index (χ2n) is 3.11. The van der Waals surface area contributed by atoms with Crippen molar-refractivity contribution in [3.05, 3.63) is 0 Å². The van der Waals surface area contributed by atoms with Gasteiger partial charge in [-0.05, 0) is 12.8 Å². The number of carbonyl (C=O) groups is 1. The highest BCUT2D eigenvalue weighted by Gasteiger charge is 2.40. The number of hydrogen-bond donors (Lipinski definition) is 0. The third kappa shape index (κ3) is 1.98. The molecule has 0 aromatic carbocycles. The molecule has 0 atom stereocenters. The molecule has 1 rings (SSSR count). The van der Waals surface area contributed by atoms with Crippen LogP contribution in [0.5, 0.6) is 0 Å². The summed E-state index contributed by atoms with van der Waals surface area (Å²) >= 11 is 0. The third-order valence-electron chi connectivity index (χ3n) is 2.31. The lowest BCUT2D eigenvalue weighted by molar-refractivity contribution is -0.119. The van der Waals surface area contributed by atoms with Gasteiger partial charge < -0.3 is 4.79 Å². The summed E-state index contributed by atoms with van der Waals surface area (Å²) in [5, 5.41) is 0. The van der Waals surface area contributed by atoms with Crippen molar-refractivity contribution in [3.63, 3.8) is 0 Å². The van der Waals surface area contributed by atoms with Crippen molar-refractivity contribution in [1.29, 1.82) is 0 Å². The predicted octanol–water partition coefficient (Wildman–Crippen LogP) is 2.40. The van der Waals surface area contributed by atoms with Crippen LogP contribution in [0.25, 0.3) is 0 Å². The van der Waals surface area contributed by atoms with Crippen molar-refractivity contribution < 1.29 is 13.6 Å². The molecule has 1 nitrogen and oxygen atoms in total. The zero-order chi connectivity index (χ0) is 8.32. The van der Waals surface area contributed by atoms with E-state index in [0.29, 0.717) is 19.1 Å². The van der Waals surface area contributed by atoms with Gasteiger partial charge in [0.25, 0.3) is 5.92 Å². The Morgan fingerprint density at radius 1 is 1.36 bits per heavy atom. The first kappa shape index (κ1) is 8.62. The Bertz CT molecular complexity index is 139. The zero-order valence-electron chi connectivity index (χ0n) is 6.35. The quantitative estimate of drug-likeness (QED) is 0.582. The van der Waals surface area contributed by atoms with Crippen LogP contribution in [0.2, 0.25) is 0 Å². The van der Waals surface area contributed by atoms with Gasteiger partial charge in [0.15, 0.2) is 0 Å². The Morgan fingerprint density at radius 2 is 1.91 bits per heavy atom. The molecule has 1 aliphatic carbocycles. The molecule has 0 radical (unpaired) electrons. The lowest BCUT2D eigenvalue weighted by Gasteiger charge is -2.19. The van der Waals surface area contributed by atoms with Gasteiger partial charge in [-0.1, -0.05) is 12.8 Å². The highest BCUT2D eigenvalue weighted by molar-refractivity contribution is 5.50. The van der Waals surface area contributed by atoms with Gasteiger partial charge in [-0.2, -0.15) is 0 Å². The molecule has 0 aromatic heterocycles. The molecular formula is C8H12F2O. The van der Waals surface area contributed by atoms with E-state index in [9.17, 15) is 13.6 Å². The lowest BCUT2D eigenvalue weighted by atomic mass is 9.98. The molecule has 0 aromatic rings. The van der Waals surface area contributed by atoms with Gasteiger partial charge in [0, 0.05) is 5.92 Å². The minimum atomic E-state index is -2.74. The molecule has 3 heteroatoms. The largest absolute Gasteiger partial charge is 0.303 e. The Kier molecular flexibility index (Phi) is 2.58. The summed E-state index contributed by atoms with van der Waals surface area (Å²) in [7, 11) is 0. The van der Waals surface area contributed by atoms with Crippen molar-refractivity contribution in [2.24, 2.45) is 5.92 Å². The maximum absolute atomic E-state index is 12.9.